The predicted molar refractivity (Wildman–Crippen MR) is 58.3 cm³/mol. The van der Waals surface area contributed by atoms with Gasteiger partial charge in [-0.25, -0.2) is 9.99 Å². The average molecular weight is 212 g/mol. The summed E-state index contributed by atoms with van der Waals surface area (Å²) in [5.41, 5.74) is 4.33. The van der Waals surface area contributed by atoms with E-state index in [2.05, 4.69) is 15.4 Å². The topological polar surface area (TPSA) is 28.2 Å². The summed E-state index contributed by atoms with van der Waals surface area (Å²) >= 11 is 5.70. The molecule has 0 aliphatic carbocycles. The lowest BCUT2D eigenvalue weighted by atomic mass is 10.2. The molecular formula is C10H14ClN3. The molecule has 0 amide bonds. The monoisotopic (exact) mass is 211 g/mol. The van der Waals surface area contributed by atoms with Gasteiger partial charge < -0.3 is 5.43 Å². The third-order valence-corrected chi connectivity index (χ3v) is 2.59. The third-order valence-electron chi connectivity index (χ3n) is 2.37. The van der Waals surface area contributed by atoms with Crippen molar-refractivity contribution < 1.29 is 0 Å². The maximum atomic E-state index is 5.70. The van der Waals surface area contributed by atoms with Crippen molar-refractivity contribution in [1.82, 2.24) is 9.99 Å². The molecule has 2 heterocycles. The standard InChI is InChI=1S/C10H14ClN3/c11-10-5-4-9(8-12-10)13-14-6-2-1-3-7-14/h4-5,8,13H,1-3,6-7H2. The van der Waals surface area contributed by atoms with Crippen LogP contribution in [0.3, 0.4) is 0 Å². The van der Waals surface area contributed by atoms with Crippen LogP contribution in [-0.2, 0) is 0 Å². The molecule has 1 aromatic heterocycles. The fourth-order valence-corrected chi connectivity index (χ4v) is 1.74. The molecule has 0 atom stereocenters. The molecule has 1 fully saturated rings. The van der Waals surface area contributed by atoms with Crippen molar-refractivity contribution >= 4 is 17.3 Å². The molecule has 0 aromatic carbocycles. The Balaban J connectivity index is 1.92. The zero-order valence-corrected chi connectivity index (χ0v) is 8.80. The van der Waals surface area contributed by atoms with Gasteiger partial charge in [0.1, 0.15) is 5.15 Å². The van der Waals surface area contributed by atoms with E-state index in [1.54, 1.807) is 12.3 Å². The predicted octanol–water partition coefficient (Wildman–Crippen LogP) is 2.55. The van der Waals surface area contributed by atoms with Gasteiger partial charge >= 0.3 is 0 Å². The zero-order valence-electron chi connectivity index (χ0n) is 8.04. The summed E-state index contributed by atoms with van der Waals surface area (Å²) in [6.07, 6.45) is 5.65. The Morgan fingerprint density at radius 3 is 2.64 bits per heavy atom. The van der Waals surface area contributed by atoms with Crippen molar-refractivity contribution in [1.29, 1.82) is 0 Å². The summed E-state index contributed by atoms with van der Waals surface area (Å²) in [5, 5.41) is 2.77. The van der Waals surface area contributed by atoms with Crippen LogP contribution in [0.15, 0.2) is 18.3 Å². The van der Waals surface area contributed by atoms with Gasteiger partial charge in [0, 0.05) is 13.1 Å². The number of rotatable bonds is 2. The molecule has 1 aromatic rings. The second-order valence-electron chi connectivity index (χ2n) is 3.53. The van der Waals surface area contributed by atoms with Gasteiger partial charge in [-0.15, -0.1) is 0 Å². The number of piperidine rings is 1. The average Bonchev–Trinajstić information content (AvgIpc) is 2.23. The van der Waals surface area contributed by atoms with E-state index < -0.39 is 0 Å². The molecule has 2 rings (SSSR count). The van der Waals surface area contributed by atoms with Crippen LogP contribution in [-0.4, -0.2) is 23.1 Å². The largest absolute Gasteiger partial charge is 0.317 e. The summed E-state index contributed by atoms with van der Waals surface area (Å²) in [5.74, 6) is 0. The maximum Gasteiger partial charge on any atom is 0.129 e. The number of hydrogen-bond donors (Lipinski definition) is 1. The quantitative estimate of drug-likeness (QED) is 0.763. The maximum absolute atomic E-state index is 5.70. The lowest BCUT2D eigenvalue weighted by Crippen LogP contribution is -2.34. The summed E-state index contributed by atoms with van der Waals surface area (Å²) in [7, 11) is 0. The highest BCUT2D eigenvalue weighted by Gasteiger charge is 2.09. The van der Waals surface area contributed by atoms with E-state index in [0.29, 0.717) is 5.15 Å². The van der Waals surface area contributed by atoms with Crippen molar-refractivity contribution in [3.05, 3.63) is 23.5 Å². The zero-order chi connectivity index (χ0) is 9.80. The van der Waals surface area contributed by atoms with Gasteiger partial charge in [0.25, 0.3) is 0 Å². The van der Waals surface area contributed by atoms with Crippen molar-refractivity contribution in [2.24, 2.45) is 0 Å². The minimum absolute atomic E-state index is 0.536. The van der Waals surface area contributed by atoms with Gasteiger partial charge in [0.2, 0.25) is 0 Å². The number of aromatic nitrogens is 1. The van der Waals surface area contributed by atoms with Gasteiger partial charge in [-0.1, -0.05) is 18.0 Å². The first-order chi connectivity index (χ1) is 6.84. The van der Waals surface area contributed by atoms with E-state index in [4.69, 9.17) is 11.6 Å². The Kier molecular flexibility index (Phi) is 3.22. The van der Waals surface area contributed by atoms with E-state index in [-0.39, 0.29) is 0 Å². The molecule has 0 radical (unpaired) electrons. The lowest BCUT2D eigenvalue weighted by Gasteiger charge is -2.27. The number of anilines is 1. The molecule has 0 bridgehead atoms. The van der Waals surface area contributed by atoms with Gasteiger partial charge in [-0.2, -0.15) is 0 Å². The van der Waals surface area contributed by atoms with Crippen molar-refractivity contribution in [2.75, 3.05) is 18.5 Å². The molecule has 0 unspecified atom stereocenters. The second kappa shape index (κ2) is 4.62. The molecule has 1 N–H and O–H groups in total. The Morgan fingerprint density at radius 2 is 2.00 bits per heavy atom. The van der Waals surface area contributed by atoms with Crippen LogP contribution in [0.5, 0.6) is 0 Å². The molecule has 1 saturated heterocycles. The van der Waals surface area contributed by atoms with Crippen LogP contribution in [0.2, 0.25) is 5.15 Å². The smallest absolute Gasteiger partial charge is 0.129 e. The number of nitrogens with one attached hydrogen (secondary N) is 1. The summed E-state index contributed by atoms with van der Waals surface area (Å²) < 4.78 is 0. The Labute approximate surface area is 89.1 Å². The summed E-state index contributed by atoms with van der Waals surface area (Å²) in [4.78, 5) is 4.02. The minimum Gasteiger partial charge on any atom is -0.317 e. The fraction of sp³-hybridized carbons (Fsp3) is 0.500. The van der Waals surface area contributed by atoms with Crippen molar-refractivity contribution in [2.45, 2.75) is 19.3 Å². The third kappa shape index (κ3) is 2.59. The molecule has 14 heavy (non-hydrogen) atoms. The number of hydrazine groups is 1. The summed E-state index contributed by atoms with van der Waals surface area (Å²) in [6.45, 7) is 2.23. The Hall–Kier alpha value is -0.800. The molecule has 3 nitrogen and oxygen atoms in total. The highest BCUT2D eigenvalue weighted by molar-refractivity contribution is 6.29. The Bertz CT molecular complexity index is 280. The molecule has 0 saturated carbocycles. The van der Waals surface area contributed by atoms with Crippen molar-refractivity contribution in [3.63, 3.8) is 0 Å². The SMILES string of the molecule is Clc1ccc(NN2CCCCC2)cn1. The van der Waals surface area contributed by atoms with Gasteiger partial charge in [-0.05, 0) is 25.0 Å². The first kappa shape index (κ1) is 9.74. The highest BCUT2D eigenvalue weighted by Crippen LogP contribution is 2.13. The van der Waals surface area contributed by atoms with E-state index >= 15 is 0 Å². The van der Waals surface area contributed by atoms with E-state index in [1.807, 2.05) is 6.07 Å². The molecule has 4 heteroatoms. The number of hydrogen-bond acceptors (Lipinski definition) is 3. The number of nitrogens with zero attached hydrogens (tertiary/aromatic N) is 2. The van der Waals surface area contributed by atoms with Gasteiger partial charge in [0.15, 0.2) is 0 Å². The number of halogens is 1. The molecule has 1 aliphatic heterocycles. The van der Waals surface area contributed by atoms with Crippen LogP contribution >= 0.6 is 11.6 Å². The highest BCUT2D eigenvalue weighted by atomic mass is 35.5. The lowest BCUT2D eigenvalue weighted by molar-refractivity contribution is 0.273. The van der Waals surface area contributed by atoms with Crippen LogP contribution in [0, 0.1) is 0 Å². The van der Waals surface area contributed by atoms with Gasteiger partial charge in [0.05, 0.1) is 11.9 Å². The van der Waals surface area contributed by atoms with Crippen LogP contribution in [0.4, 0.5) is 5.69 Å². The fourth-order valence-electron chi connectivity index (χ4n) is 1.63. The normalized spacial score (nSPS) is 18.1. The molecular weight excluding hydrogens is 198 g/mol. The first-order valence-corrected chi connectivity index (χ1v) is 5.35. The van der Waals surface area contributed by atoms with Crippen LogP contribution < -0.4 is 5.43 Å². The van der Waals surface area contributed by atoms with E-state index in [0.717, 1.165) is 18.8 Å². The van der Waals surface area contributed by atoms with Crippen LogP contribution in [0.25, 0.3) is 0 Å². The van der Waals surface area contributed by atoms with Gasteiger partial charge in [-0.3, -0.25) is 0 Å². The molecule has 1 aliphatic rings. The molecule has 76 valence electrons. The Morgan fingerprint density at radius 1 is 1.21 bits per heavy atom. The summed E-state index contributed by atoms with van der Waals surface area (Å²) in [6, 6.07) is 3.75. The van der Waals surface area contributed by atoms with Crippen molar-refractivity contribution in [3.8, 4) is 0 Å². The van der Waals surface area contributed by atoms with E-state index in [9.17, 15) is 0 Å². The molecule has 0 spiro atoms. The first-order valence-electron chi connectivity index (χ1n) is 4.98. The van der Waals surface area contributed by atoms with Crippen LogP contribution in [0.1, 0.15) is 19.3 Å². The number of pyridine rings is 1. The van der Waals surface area contributed by atoms with E-state index in [1.165, 1.54) is 19.3 Å². The minimum atomic E-state index is 0.536. The second-order valence-corrected chi connectivity index (χ2v) is 3.92.